The zero-order valence-corrected chi connectivity index (χ0v) is 11.3. The molecule has 0 aliphatic heterocycles. The van der Waals surface area contributed by atoms with Crippen LogP contribution in [0.25, 0.3) is 4.96 Å². The Hall–Kier alpha value is -0.910. The summed E-state index contributed by atoms with van der Waals surface area (Å²) in [5.41, 5.74) is 2.02. The Labute approximate surface area is 105 Å². The first kappa shape index (κ1) is 12.5. The molecule has 17 heavy (non-hydrogen) atoms. The molecule has 0 saturated heterocycles. The monoisotopic (exact) mass is 253 g/mol. The third-order valence-corrected chi connectivity index (χ3v) is 4.13. The fourth-order valence-corrected chi connectivity index (χ4v) is 2.52. The van der Waals surface area contributed by atoms with Crippen molar-refractivity contribution in [3.63, 3.8) is 0 Å². The molecule has 0 aliphatic carbocycles. The quantitative estimate of drug-likeness (QED) is 0.856. The number of aryl methyl sites for hydroxylation is 1. The van der Waals surface area contributed by atoms with E-state index < -0.39 is 0 Å². The van der Waals surface area contributed by atoms with E-state index in [2.05, 4.69) is 21.6 Å². The van der Waals surface area contributed by atoms with Crippen molar-refractivity contribution in [1.29, 1.82) is 0 Å². The number of thiazole rings is 1. The number of hydrogen-bond acceptors (Lipinski definition) is 4. The Kier molecular flexibility index (Phi) is 3.51. The SMILES string of the molecule is CCC(C)(CO)NCc1c(C)nc2sccn12. The molecule has 2 N–H and O–H groups in total. The molecule has 1 unspecified atom stereocenters. The van der Waals surface area contributed by atoms with E-state index in [1.54, 1.807) is 11.3 Å². The lowest BCUT2D eigenvalue weighted by molar-refractivity contribution is 0.168. The van der Waals surface area contributed by atoms with Gasteiger partial charge in [-0.2, -0.15) is 0 Å². The van der Waals surface area contributed by atoms with Gasteiger partial charge in [0.15, 0.2) is 4.96 Å². The van der Waals surface area contributed by atoms with Crippen molar-refractivity contribution in [2.45, 2.75) is 39.3 Å². The second-order valence-electron chi connectivity index (χ2n) is 4.63. The van der Waals surface area contributed by atoms with Gasteiger partial charge in [-0.3, -0.25) is 4.40 Å². The van der Waals surface area contributed by atoms with E-state index in [9.17, 15) is 5.11 Å². The summed E-state index contributed by atoms with van der Waals surface area (Å²) in [4.78, 5) is 5.53. The van der Waals surface area contributed by atoms with Crippen molar-refractivity contribution in [2.24, 2.45) is 0 Å². The zero-order valence-electron chi connectivity index (χ0n) is 10.5. The minimum atomic E-state index is -0.216. The third-order valence-electron chi connectivity index (χ3n) is 3.37. The van der Waals surface area contributed by atoms with Gasteiger partial charge >= 0.3 is 0 Å². The number of aromatic nitrogens is 2. The number of rotatable bonds is 5. The highest BCUT2D eigenvalue weighted by Crippen LogP contribution is 2.18. The molecule has 0 fully saturated rings. The van der Waals surface area contributed by atoms with Crippen molar-refractivity contribution in [1.82, 2.24) is 14.7 Å². The average molecular weight is 253 g/mol. The summed E-state index contributed by atoms with van der Waals surface area (Å²) in [7, 11) is 0. The van der Waals surface area contributed by atoms with Crippen molar-refractivity contribution >= 4 is 16.3 Å². The number of nitrogens with one attached hydrogen (secondary N) is 1. The standard InChI is InChI=1S/C12H19N3OS/c1-4-12(3,8-16)13-7-10-9(2)14-11-15(10)5-6-17-11/h5-6,13,16H,4,7-8H2,1-3H3. The summed E-state index contributed by atoms with van der Waals surface area (Å²) >= 11 is 1.64. The normalized spacial score (nSPS) is 15.3. The maximum Gasteiger partial charge on any atom is 0.194 e. The van der Waals surface area contributed by atoms with Crippen LogP contribution in [0.15, 0.2) is 11.6 Å². The van der Waals surface area contributed by atoms with Gasteiger partial charge in [0.25, 0.3) is 0 Å². The highest BCUT2D eigenvalue weighted by Gasteiger charge is 2.21. The first-order valence-electron chi connectivity index (χ1n) is 5.86. The molecule has 4 nitrogen and oxygen atoms in total. The summed E-state index contributed by atoms with van der Waals surface area (Å²) < 4.78 is 2.11. The first-order chi connectivity index (χ1) is 8.09. The van der Waals surface area contributed by atoms with Crippen LogP contribution in [0.1, 0.15) is 31.7 Å². The zero-order chi connectivity index (χ0) is 12.5. The van der Waals surface area contributed by atoms with Crippen molar-refractivity contribution in [3.8, 4) is 0 Å². The van der Waals surface area contributed by atoms with Crippen LogP contribution in [-0.4, -0.2) is 26.6 Å². The molecule has 2 aromatic heterocycles. The Morgan fingerprint density at radius 2 is 2.35 bits per heavy atom. The van der Waals surface area contributed by atoms with Gasteiger partial charge in [0.05, 0.1) is 18.0 Å². The summed E-state index contributed by atoms with van der Waals surface area (Å²) in [5, 5.41) is 14.8. The van der Waals surface area contributed by atoms with E-state index in [-0.39, 0.29) is 12.1 Å². The van der Waals surface area contributed by atoms with Gasteiger partial charge in [0.1, 0.15) is 0 Å². The van der Waals surface area contributed by atoms with E-state index in [0.29, 0.717) is 0 Å². The molecule has 5 heteroatoms. The van der Waals surface area contributed by atoms with Crippen molar-refractivity contribution in [2.75, 3.05) is 6.61 Å². The predicted octanol–water partition coefficient (Wildman–Crippen LogP) is 1.95. The van der Waals surface area contributed by atoms with E-state index in [0.717, 1.165) is 23.6 Å². The molecule has 0 spiro atoms. The average Bonchev–Trinajstić information content (AvgIpc) is 2.87. The van der Waals surface area contributed by atoms with Crippen LogP contribution in [0.3, 0.4) is 0 Å². The topological polar surface area (TPSA) is 49.6 Å². The fraction of sp³-hybridized carbons (Fsp3) is 0.583. The first-order valence-corrected chi connectivity index (χ1v) is 6.74. The Bertz CT molecular complexity index is 499. The number of aliphatic hydroxyl groups excluding tert-OH is 1. The van der Waals surface area contributed by atoms with Crippen LogP contribution in [0.4, 0.5) is 0 Å². The lowest BCUT2D eigenvalue weighted by Crippen LogP contribution is -2.44. The molecule has 0 amide bonds. The molecular formula is C12H19N3OS. The van der Waals surface area contributed by atoms with E-state index in [1.165, 1.54) is 5.69 Å². The minimum Gasteiger partial charge on any atom is -0.394 e. The fourth-order valence-electron chi connectivity index (χ4n) is 1.74. The maximum atomic E-state index is 9.37. The molecular weight excluding hydrogens is 234 g/mol. The molecule has 0 radical (unpaired) electrons. The highest BCUT2D eigenvalue weighted by molar-refractivity contribution is 7.15. The van der Waals surface area contributed by atoms with Gasteiger partial charge in [-0.1, -0.05) is 6.92 Å². The molecule has 2 heterocycles. The second kappa shape index (κ2) is 4.76. The van der Waals surface area contributed by atoms with Crippen LogP contribution in [0.5, 0.6) is 0 Å². The smallest absolute Gasteiger partial charge is 0.194 e. The van der Waals surface area contributed by atoms with Crippen molar-refractivity contribution in [3.05, 3.63) is 23.0 Å². The largest absolute Gasteiger partial charge is 0.394 e. The summed E-state index contributed by atoms with van der Waals surface area (Å²) in [6.45, 7) is 7.02. The second-order valence-corrected chi connectivity index (χ2v) is 5.50. The molecule has 0 aromatic carbocycles. The van der Waals surface area contributed by atoms with Gasteiger partial charge in [-0.25, -0.2) is 4.98 Å². The number of hydrogen-bond donors (Lipinski definition) is 2. The van der Waals surface area contributed by atoms with Crippen molar-refractivity contribution < 1.29 is 5.11 Å². The lowest BCUT2D eigenvalue weighted by atomic mass is 10.0. The molecule has 94 valence electrons. The highest BCUT2D eigenvalue weighted by atomic mass is 32.1. The van der Waals surface area contributed by atoms with Crippen LogP contribution < -0.4 is 5.32 Å². The van der Waals surface area contributed by atoms with Gasteiger partial charge in [0.2, 0.25) is 0 Å². The van der Waals surface area contributed by atoms with Crippen LogP contribution >= 0.6 is 11.3 Å². The molecule has 1 atom stereocenters. The van der Waals surface area contributed by atoms with E-state index in [4.69, 9.17) is 0 Å². The molecule has 2 aromatic rings. The predicted molar refractivity (Wildman–Crippen MR) is 70.4 cm³/mol. The van der Waals surface area contributed by atoms with Gasteiger partial charge < -0.3 is 10.4 Å². The van der Waals surface area contributed by atoms with E-state index >= 15 is 0 Å². The number of imidazole rings is 1. The van der Waals surface area contributed by atoms with Crippen LogP contribution in [0.2, 0.25) is 0 Å². The number of fused-ring (bicyclic) bond motifs is 1. The molecule has 0 saturated carbocycles. The molecule has 0 bridgehead atoms. The van der Waals surface area contributed by atoms with Gasteiger partial charge in [0, 0.05) is 23.7 Å². The Morgan fingerprint density at radius 3 is 3.00 bits per heavy atom. The number of aliphatic hydroxyl groups is 1. The lowest BCUT2D eigenvalue weighted by Gasteiger charge is -2.27. The Balaban J connectivity index is 2.18. The van der Waals surface area contributed by atoms with Crippen LogP contribution in [0, 0.1) is 6.92 Å². The Morgan fingerprint density at radius 1 is 1.59 bits per heavy atom. The molecule has 0 aliphatic rings. The van der Waals surface area contributed by atoms with Crippen LogP contribution in [-0.2, 0) is 6.54 Å². The number of nitrogens with zero attached hydrogens (tertiary/aromatic N) is 2. The van der Waals surface area contributed by atoms with Gasteiger partial charge in [-0.15, -0.1) is 11.3 Å². The summed E-state index contributed by atoms with van der Waals surface area (Å²) in [6, 6.07) is 0. The maximum absolute atomic E-state index is 9.37. The summed E-state index contributed by atoms with van der Waals surface area (Å²) in [5.74, 6) is 0. The minimum absolute atomic E-state index is 0.147. The molecule has 2 rings (SSSR count). The van der Waals surface area contributed by atoms with E-state index in [1.807, 2.05) is 25.4 Å². The summed E-state index contributed by atoms with van der Waals surface area (Å²) in [6.07, 6.45) is 2.94. The third kappa shape index (κ3) is 2.36. The van der Waals surface area contributed by atoms with Gasteiger partial charge in [-0.05, 0) is 20.3 Å².